The lowest BCUT2D eigenvalue weighted by Crippen LogP contribution is -2.52. The van der Waals surface area contributed by atoms with E-state index >= 15 is 0 Å². The molecule has 0 aliphatic rings. The van der Waals surface area contributed by atoms with E-state index in [9.17, 15) is 18.0 Å². The summed E-state index contributed by atoms with van der Waals surface area (Å²) < 4.78 is 29.0. The van der Waals surface area contributed by atoms with E-state index in [4.69, 9.17) is 0 Å². The number of carbonyl (C=O) groups is 2. The van der Waals surface area contributed by atoms with Gasteiger partial charge in [0.25, 0.3) is 10.0 Å². The third-order valence-corrected chi connectivity index (χ3v) is 8.40. The first-order valence-corrected chi connectivity index (χ1v) is 14.3. The maximum atomic E-state index is 14.0. The lowest BCUT2D eigenvalue weighted by atomic mass is 10.1. The number of likely N-dealkylation sites (N-methyl/N-ethyl adjacent to an activating group) is 1. The van der Waals surface area contributed by atoms with Crippen molar-refractivity contribution in [2.45, 2.75) is 58.5 Å². The number of carbonyl (C=O) groups excluding carboxylic acids is 2. The van der Waals surface area contributed by atoms with Crippen LogP contribution in [0.3, 0.4) is 0 Å². The van der Waals surface area contributed by atoms with Crippen LogP contribution in [0.4, 0.5) is 5.69 Å². The average Bonchev–Trinajstić information content (AvgIpc) is 2.89. The quantitative estimate of drug-likeness (QED) is 0.384. The van der Waals surface area contributed by atoms with Crippen molar-refractivity contribution in [1.29, 1.82) is 0 Å². The van der Waals surface area contributed by atoms with Gasteiger partial charge in [0.2, 0.25) is 11.8 Å². The Labute approximate surface area is 226 Å². The summed E-state index contributed by atoms with van der Waals surface area (Å²) in [5.74, 6) is -0.717. The Hall–Kier alpha value is -3.65. The van der Waals surface area contributed by atoms with Crippen molar-refractivity contribution in [3.63, 3.8) is 0 Å². The summed E-state index contributed by atoms with van der Waals surface area (Å²) in [6.45, 7) is 9.55. The van der Waals surface area contributed by atoms with Crippen LogP contribution in [0.2, 0.25) is 0 Å². The van der Waals surface area contributed by atoms with Gasteiger partial charge in [0.1, 0.15) is 12.6 Å². The fourth-order valence-corrected chi connectivity index (χ4v) is 5.95. The molecule has 3 aromatic rings. The number of amides is 2. The third kappa shape index (κ3) is 6.61. The van der Waals surface area contributed by atoms with Crippen molar-refractivity contribution in [1.82, 2.24) is 10.2 Å². The van der Waals surface area contributed by atoms with Crippen molar-refractivity contribution >= 4 is 27.5 Å². The van der Waals surface area contributed by atoms with Gasteiger partial charge in [-0.1, -0.05) is 67.1 Å². The molecule has 0 saturated heterocycles. The fraction of sp³-hybridized carbons (Fsp3) is 0.333. The van der Waals surface area contributed by atoms with Crippen LogP contribution >= 0.6 is 0 Å². The summed E-state index contributed by atoms with van der Waals surface area (Å²) in [5, 5.41) is 2.82. The van der Waals surface area contributed by atoms with Gasteiger partial charge >= 0.3 is 0 Å². The molecule has 0 saturated carbocycles. The second-order valence-corrected chi connectivity index (χ2v) is 11.2. The fourth-order valence-electron chi connectivity index (χ4n) is 4.46. The van der Waals surface area contributed by atoms with Gasteiger partial charge < -0.3 is 10.2 Å². The molecule has 38 heavy (non-hydrogen) atoms. The molecule has 0 spiro atoms. The van der Waals surface area contributed by atoms with Crippen molar-refractivity contribution in [2.24, 2.45) is 0 Å². The molecular formula is C30H37N3O4S. The van der Waals surface area contributed by atoms with Crippen LogP contribution in [0.1, 0.15) is 42.5 Å². The Morgan fingerprint density at radius 2 is 1.58 bits per heavy atom. The first-order valence-electron chi connectivity index (χ1n) is 12.9. The van der Waals surface area contributed by atoms with Crippen molar-refractivity contribution in [3.8, 4) is 0 Å². The summed E-state index contributed by atoms with van der Waals surface area (Å²) in [6, 6.07) is 20.5. The zero-order chi connectivity index (χ0) is 27.9. The van der Waals surface area contributed by atoms with Gasteiger partial charge in [-0.05, 0) is 69.0 Å². The summed E-state index contributed by atoms with van der Waals surface area (Å²) in [7, 11) is -4.08. The Morgan fingerprint density at radius 3 is 2.21 bits per heavy atom. The second-order valence-electron chi connectivity index (χ2n) is 9.37. The molecule has 3 rings (SSSR count). The molecule has 0 aromatic heterocycles. The van der Waals surface area contributed by atoms with E-state index in [0.29, 0.717) is 18.7 Å². The molecule has 1 unspecified atom stereocenters. The zero-order valence-corrected chi connectivity index (χ0v) is 23.6. The number of hydrogen-bond acceptors (Lipinski definition) is 4. The molecule has 0 radical (unpaired) electrons. The summed E-state index contributed by atoms with van der Waals surface area (Å²) >= 11 is 0. The summed E-state index contributed by atoms with van der Waals surface area (Å²) in [5.41, 5.74) is 4.01. The Balaban J connectivity index is 2.10. The highest BCUT2D eigenvalue weighted by Gasteiger charge is 2.34. The van der Waals surface area contributed by atoms with E-state index in [-0.39, 0.29) is 17.3 Å². The number of anilines is 1. The minimum Gasteiger partial charge on any atom is -0.355 e. The third-order valence-electron chi connectivity index (χ3n) is 6.63. The van der Waals surface area contributed by atoms with Crippen LogP contribution < -0.4 is 9.62 Å². The summed E-state index contributed by atoms with van der Waals surface area (Å²) in [6.07, 6.45) is 0.387. The van der Waals surface area contributed by atoms with E-state index in [0.717, 1.165) is 22.3 Å². The van der Waals surface area contributed by atoms with E-state index in [2.05, 4.69) is 5.32 Å². The van der Waals surface area contributed by atoms with E-state index < -0.39 is 28.5 Å². The van der Waals surface area contributed by atoms with E-state index in [1.54, 1.807) is 30.3 Å². The highest BCUT2D eigenvalue weighted by Crippen LogP contribution is 2.29. The molecule has 0 heterocycles. The largest absolute Gasteiger partial charge is 0.355 e. The zero-order valence-electron chi connectivity index (χ0n) is 22.8. The number of nitrogens with zero attached hydrogens (tertiary/aromatic N) is 2. The van der Waals surface area contributed by atoms with Gasteiger partial charge in [-0.2, -0.15) is 0 Å². The Kier molecular flexibility index (Phi) is 9.69. The maximum absolute atomic E-state index is 14.0. The maximum Gasteiger partial charge on any atom is 0.264 e. The van der Waals surface area contributed by atoms with Gasteiger partial charge in [-0.25, -0.2) is 8.42 Å². The summed E-state index contributed by atoms with van der Waals surface area (Å²) in [4.78, 5) is 28.6. The topological polar surface area (TPSA) is 86.8 Å². The van der Waals surface area contributed by atoms with Crippen LogP contribution in [0, 0.1) is 20.8 Å². The molecule has 8 heteroatoms. The lowest BCUT2D eigenvalue weighted by Gasteiger charge is -2.33. The molecule has 1 N–H and O–H groups in total. The molecule has 0 aliphatic heterocycles. The standard InChI is InChI=1S/C30H37N3O4S/c1-6-27(30(35)31-7-2)32(20-25-15-11-13-22(3)19-25)29(34)21-33(28-18-12-14-23(4)24(28)5)38(36,37)26-16-9-8-10-17-26/h8-19,27H,6-7,20-21H2,1-5H3,(H,31,35). The number of hydrogen-bond donors (Lipinski definition) is 1. The second kappa shape index (κ2) is 12.7. The van der Waals surface area contributed by atoms with Gasteiger partial charge in [0, 0.05) is 13.1 Å². The highest BCUT2D eigenvalue weighted by atomic mass is 32.2. The molecule has 2 amide bonds. The van der Waals surface area contributed by atoms with Crippen molar-refractivity contribution in [2.75, 3.05) is 17.4 Å². The molecule has 202 valence electrons. The molecule has 7 nitrogen and oxygen atoms in total. The molecular weight excluding hydrogens is 498 g/mol. The van der Waals surface area contributed by atoms with Gasteiger partial charge in [-0.3, -0.25) is 13.9 Å². The van der Waals surface area contributed by atoms with E-state index in [1.807, 2.05) is 65.0 Å². The number of benzene rings is 3. The molecule has 0 aliphatic carbocycles. The number of rotatable bonds is 11. The first kappa shape index (κ1) is 28.9. The number of aryl methyl sites for hydroxylation is 2. The van der Waals surface area contributed by atoms with Gasteiger partial charge in [-0.15, -0.1) is 0 Å². The van der Waals surface area contributed by atoms with Crippen molar-refractivity contribution in [3.05, 3.63) is 95.1 Å². The van der Waals surface area contributed by atoms with Crippen LogP contribution in [-0.4, -0.2) is 44.3 Å². The first-order chi connectivity index (χ1) is 18.1. The minimum absolute atomic E-state index is 0.0923. The molecule has 3 aromatic carbocycles. The van der Waals surface area contributed by atoms with E-state index in [1.165, 1.54) is 21.3 Å². The number of nitrogens with one attached hydrogen (secondary N) is 1. The predicted molar refractivity (Wildman–Crippen MR) is 151 cm³/mol. The van der Waals surface area contributed by atoms with Gasteiger partial charge in [0.05, 0.1) is 10.6 Å². The normalized spacial score (nSPS) is 12.0. The monoisotopic (exact) mass is 535 g/mol. The van der Waals surface area contributed by atoms with Crippen LogP contribution in [-0.2, 0) is 26.2 Å². The molecule has 1 atom stereocenters. The average molecular weight is 536 g/mol. The van der Waals surface area contributed by atoms with Crippen molar-refractivity contribution < 1.29 is 18.0 Å². The Bertz CT molecular complexity index is 1370. The number of sulfonamides is 1. The molecule has 0 bridgehead atoms. The van der Waals surface area contributed by atoms with Crippen LogP contribution in [0.15, 0.2) is 77.7 Å². The van der Waals surface area contributed by atoms with Crippen LogP contribution in [0.25, 0.3) is 0 Å². The highest BCUT2D eigenvalue weighted by molar-refractivity contribution is 7.92. The minimum atomic E-state index is -4.08. The van der Waals surface area contributed by atoms with Crippen LogP contribution in [0.5, 0.6) is 0 Å². The molecule has 0 fully saturated rings. The lowest BCUT2D eigenvalue weighted by molar-refractivity contribution is -0.140. The van der Waals surface area contributed by atoms with Gasteiger partial charge in [0.15, 0.2) is 0 Å². The predicted octanol–water partition coefficient (Wildman–Crippen LogP) is 4.75. The SMILES string of the molecule is CCNC(=O)C(CC)N(Cc1cccc(C)c1)C(=O)CN(c1cccc(C)c1C)S(=O)(=O)c1ccccc1. The Morgan fingerprint density at radius 1 is 0.895 bits per heavy atom. The smallest absolute Gasteiger partial charge is 0.264 e.